The molecular formula is C22H20ClF3N4O3. The molecule has 6 rings (SSSR count). The van der Waals surface area contributed by atoms with E-state index in [1.807, 2.05) is 0 Å². The molecule has 11 heteroatoms. The predicted molar refractivity (Wildman–Crippen MR) is 113 cm³/mol. The van der Waals surface area contributed by atoms with Crippen LogP contribution in [0, 0.1) is 22.9 Å². The molecule has 0 saturated heterocycles. The van der Waals surface area contributed by atoms with Crippen molar-refractivity contribution in [2.75, 3.05) is 6.61 Å². The van der Waals surface area contributed by atoms with Gasteiger partial charge < -0.3 is 20.1 Å². The number of halogens is 4. The quantitative estimate of drug-likeness (QED) is 0.371. The molecule has 3 aliphatic carbocycles. The number of carbonyl (C=O) groups excluding carboxylic acids is 1. The third kappa shape index (κ3) is 4.03. The Morgan fingerprint density at radius 2 is 1.91 bits per heavy atom. The van der Waals surface area contributed by atoms with Crippen LogP contribution in [-0.4, -0.2) is 39.4 Å². The SMILES string of the molecule is O=C(NCc1nc2cc(F)c(F)cc2[nH]1)C12CC(NC(O)COc3ccc(Cl)c(F)c3)(C1)C2. The molecule has 3 saturated carbocycles. The minimum atomic E-state index is -0.985. The number of rotatable bonds is 8. The van der Waals surface area contributed by atoms with Crippen LogP contribution in [0.1, 0.15) is 25.1 Å². The number of nitrogens with one attached hydrogen (secondary N) is 3. The van der Waals surface area contributed by atoms with Crippen molar-refractivity contribution in [3.8, 4) is 5.75 Å². The fraction of sp³-hybridized carbons (Fsp3) is 0.364. The number of nitrogens with zero attached hydrogens (tertiary/aromatic N) is 1. The summed E-state index contributed by atoms with van der Waals surface area (Å²) in [6.45, 7) is 0.0162. The molecular weight excluding hydrogens is 461 g/mol. The summed E-state index contributed by atoms with van der Waals surface area (Å²) >= 11 is 5.63. The van der Waals surface area contributed by atoms with Crippen LogP contribution in [0.4, 0.5) is 13.2 Å². The first kappa shape index (κ1) is 22.0. The standard InChI is InChI=1S/C22H20ClF3N4O3/c23-12-2-1-11(3-13(12)24)33-7-19(31)30-22-8-21(9-22,10-22)20(32)27-6-18-28-16-4-14(25)15(26)5-17(16)29-18/h1-5,19,30-31H,6-10H2,(H,27,32)(H,28,29). The van der Waals surface area contributed by atoms with Gasteiger partial charge in [-0.1, -0.05) is 11.6 Å². The number of ether oxygens (including phenoxy) is 1. The van der Waals surface area contributed by atoms with Crippen LogP contribution >= 0.6 is 11.6 Å². The van der Waals surface area contributed by atoms with Crippen molar-refractivity contribution in [3.63, 3.8) is 0 Å². The second-order valence-electron chi connectivity index (χ2n) is 8.79. The number of aliphatic hydroxyl groups is 1. The lowest BCUT2D eigenvalue weighted by atomic mass is 9.39. The molecule has 1 aromatic heterocycles. The fourth-order valence-electron chi connectivity index (χ4n) is 4.81. The molecule has 0 aliphatic heterocycles. The molecule has 33 heavy (non-hydrogen) atoms. The Morgan fingerprint density at radius 1 is 1.18 bits per heavy atom. The van der Waals surface area contributed by atoms with Crippen LogP contribution in [-0.2, 0) is 11.3 Å². The Balaban J connectivity index is 1.09. The van der Waals surface area contributed by atoms with Gasteiger partial charge in [0.1, 0.15) is 30.2 Å². The van der Waals surface area contributed by atoms with Crippen LogP contribution < -0.4 is 15.4 Å². The number of benzene rings is 2. The summed E-state index contributed by atoms with van der Waals surface area (Å²) in [4.78, 5) is 19.7. The highest BCUT2D eigenvalue weighted by atomic mass is 35.5. The maximum Gasteiger partial charge on any atom is 0.226 e. The summed E-state index contributed by atoms with van der Waals surface area (Å²) in [5.74, 6) is -2.04. The van der Waals surface area contributed by atoms with Gasteiger partial charge in [0.25, 0.3) is 0 Å². The van der Waals surface area contributed by atoms with Crippen molar-refractivity contribution in [3.05, 3.63) is 58.6 Å². The van der Waals surface area contributed by atoms with Gasteiger partial charge in [-0.2, -0.15) is 0 Å². The van der Waals surface area contributed by atoms with Crippen molar-refractivity contribution in [1.82, 2.24) is 20.6 Å². The Labute approximate surface area is 191 Å². The molecule has 3 fully saturated rings. The third-order valence-electron chi connectivity index (χ3n) is 6.27. The Hall–Kier alpha value is -2.82. The molecule has 1 atom stereocenters. The molecule has 2 bridgehead atoms. The van der Waals surface area contributed by atoms with Crippen molar-refractivity contribution >= 4 is 28.5 Å². The Bertz CT molecular complexity index is 1190. The number of carbonyl (C=O) groups is 1. The van der Waals surface area contributed by atoms with Gasteiger partial charge in [0, 0.05) is 23.7 Å². The first-order chi connectivity index (χ1) is 15.7. The van der Waals surface area contributed by atoms with Gasteiger partial charge in [-0.05, 0) is 31.4 Å². The van der Waals surface area contributed by atoms with Crippen molar-refractivity contribution < 1.29 is 27.8 Å². The highest BCUT2D eigenvalue weighted by Gasteiger charge is 2.71. The molecule has 7 nitrogen and oxygen atoms in total. The minimum absolute atomic E-state index is 0.0124. The minimum Gasteiger partial charge on any atom is -0.489 e. The van der Waals surface area contributed by atoms with Gasteiger partial charge in [0.2, 0.25) is 5.91 Å². The zero-order valence-electron chi connectivity index (χ0n) is 17.2. The number of imidazole rings is 1. The molecule has 3 aromatic rings. The van der Waals surface area contributed by atoms with Crippen LogP contribution in [0.5, 0.6) is 5.75 Å². The van der Waals surface area contributed by atoms with E-state index in [2.05, 4.69) is 20.6 Å². The number of hydrogen-bond acceptors (Lipinski definition) is 5. The van der Waals surface area contributed by atoms with Gasteiger partial charge in [-0.25, -0.2) is 18.2 Å². The van der Waals surface area contributed by atoms with E-state index < -0.39 is 29.1 Å². The molecule has 0 radical (unpaired) electrons. The fourth-order valence-corrected chi connectivity index (χ4v) is 4.93. The van der Waals surface area contributed by atoms with Crippen LogP contribution in [0.25, 0.3) is 11.0 Å². The summed E-state index contributed by atoms with van der Waals surface area (Å²) in [7, 11) is 0. The maximum atomic E-state index is 13.5. The summed E-state index contributed by atoms with van der Waals surface area (Å²) in [5.41, 5.74) is -0.203. The largest absolute Gasteiger partial charge is 0.489 e. The first-order valence-corrected chi connectivity index (χ1v) is 10.7. The van der Waals surface area contributed by atoms with Gasteiger partial charge in [0.05, 0.1) is 28.0 Å². The molecule has 174 valence electrons. The van der Waals surface area contributed by atoms with E-state index in [-0.39, 0.29) is 40.9 Å². The van der Waals surface area contributed by atoms with Crippen LogP contribution in [0.2, 0.25) is 5.02 Å². The zero-order valence-corrected chi connectivity index (χ0v) is 18.0. The summed E-state index contributed by atoms with van der Waals surface area (Å²) < 4.78 is 45.5. The van der Waals surface area contributed by atoms with Crippen LogP contribution in [0.3, 0.4) is 0 Å². The van der Waals surface area contributed by atoms with Gasteiger partial charge in [0.15, 0.2) is 11.6 Å². The normalized spacial score (nSPS) is 24.2. The van der Waals surface area contributed by atoms with Gasteiger partial charge in [-0.15, -0.1) is 0 Å². The number of aromatic nitrogens is 2. The smallest absolute Gasteiger partial charge is 0.226 e. The van der Waals surface area contributed by atoms with E-state index >= 15 is 0 Å². The van der Waals surface area contributed by atoms with E-state index in [1.165, 1.54) is 12.1 Å². The molecule has 1 unspecified atom stereocenters. The topological polar surface area (TPSA) is 99.3 Å². The van der Waals surface area contributed by atoms with E-state index in [0.717, 1.165) is 18.2 Å². The number of aliphatic hydroxyl groups excluding tert-OH is 1. The maximum absolute atomic E-state index is 13.5. The molecule has 1 amide bonds. The van der Waals surface area contributed by atoms with E-state index in [4.69, 9.17) is 16.3 Å². The average molecular weight is 481 g/mol. The van der Waals surface area contributed by atoms with Gasteiger partial charge in [-0.3, -0.25) is 10.1 Å². The number of H-pyrrole nitrogens is 1. The molecule has 4 N–H and O–H groups in total. The van der Waals surface area contributed by atoms with Gasteiger partial charge >= 0.3 is 0 Å². The lowest BCUT2D eigenvalue weighted by Gasteiger charge is -2.69. The summed E-state index contributed by atoms with van der Waals surface area (Å²) in [6, 6.07) is 6.05. The van der Waals surface area contributed by atoms with Crippen molar-refractivity contribution in [2.45, 2.75) is 37.6 Å². The first-order valence-electron chi connectivity index (χ1n) is 10.3. The molecule has 1 heterocycles. The zero-order chi connectivity index (χ0) is 23.4. The number of aromatic amines is 1. The molecule has 3 aliphatic rings. The summed E-state index contributed by atoms with van der Waals surface area (Å²) in [5, 5.41) is 16.1. The Morgan fingerprint density at radius 3 is 2.64 bits per heavy atom. The van der Waals surface area contributed by atoms with Crippen molar-refractivity contribution in [1.29, 1.82) is 0 Å². The number of amides is 1. The number of hydrogen-bond donors (Lipinski definition) is 4. The summed E-state index contributed by atoms with van der Waals surface area (Å²) in [6.07, 6.45) is 0.709. The van der Waals surface area contributed by atoms with E-state index in [1.54, 1.807) is 0 Å². The van der Waals surface area contributed by atoms with E-state index in [0.29, 0.717) is 30.6 Å². The second-order valence-corrected chi connectivity index (χ2v) is 9.19. The Kier molecular flexibility index (Phi) is 5.26. The monoisotopic (exact) mass is 480 g/mol. The molecule has 0 spiro atoms. The third-order valence-corrected chi connectivity index (χ3v) is 6.58. The van der Waals surface area contributed by atoms with Crippen molar-refractivity contribution in [2.24, 2.45) is 5.41 Å². The van der Waals surface area contributed by atoms with E-state index in [9.17, 15) is 23.1 Å². The number of fused-ring (bicyclic) bond motifs is 1. The lowest BCUT2D eigenvalue weighted by molar-refractivity contribution is -0.190. The van der Waals surface area contributed by atoms with Crippen LogP contribution in [0.15, 0.2) is 30.3 Å². The molecule has 2 aromatic carbocycles. The second kappa shape index (κ2) is 7.89. The predicted octanol–water partition coefficient (Wildman–Crippen LogP) is 3.16. The highest BCUT2D eigenvalue weighted by molar-refractivity contribution is 6.30. The highest BCUT2D eigenvalue weighted by Crippen LogP contribution is 2.67. The average Bonchev–Trinajstić information content (AvgIpc) is 3.10. The lowest BCUT2D eigenvalue weighted by Crippen LogP contribution is -2.79.